The lowest BCUT2D eigenvalue weighted by atomic mass is 10.1. The van der Waals surface area contributed by atoms with Gasteiger partial charge in [0.15, 0.2) is 0 Å². The molecule has 4 rings (SSSR count). The monoisotopic (exact) mass is 466 g/mol. The molecule has 0 aliphatic rings. The number of alkyl halides is 2. The van der Waals surface area contributed by atoms with Gasteiger partial charge in [-0.05, 0) is 60.7 Å². The van der Waals surface area contributed by atoms with E-state index in [0.29, 0.717) is 27.4 Å². The number of carbonyl (C=O) groups is 1. The molecule has 1 heterocycles. The van der Waals surface area contributed by atoms with E-state index in [1.54, 1.807) is 47.3 Å². The molecule has 166 valence electrons. The predicted molar refractivity (Wildman–Crippen MR) is 122 cm³/mol. The van der Waals surface area contributed by atoms with Crippen LogP contribution in [0.15, 0.2) is 90.2 Å². The first-order chi connectivity index (χ1) is 16.0. The minimum absolute atomic E-state index is 0.0432. The second-order valence-corrected chi connectivity index (χ2v) is 7.26. The topological polar surface area (TPSA) is 68.5 Å². The van der Waals surface area contributed by atoms with Crippen molar-refractivity contribution < 1.29 is 18.3 Å². The number of carbonyl (C=O) groups excluding carboxylic acids is 1. The van der Waals surface area contributed by atoms with Gasteiger partial charge in [-0.15, -0.1) is 0 Å². The Bertz CT molecular complexity index is 1260. The number of ether oxygens (including phenoxy) is 1. The van der Waals surface area contributed by atoms with Crippen LogP contribution in [0.25, 0.3) is 16.9 Å². The number of nitrogens with one attached hydrogen (secondary N) is 1. The second kappa shape index (κ2) is 10.1. The first kappa shape index (κ1) is 22.2. The molecule has 9 heteroatoms. The fourth-order valence-corrected chi connectivity index (χ4v) is 3.17. The van der Waals surface area contributed by atoms with Gasteiger partial charge in [-0.1, -0.05) is 29.8 Å². The summed E-state index contributed by atoms with van der Waals surface area (Å²) in [5, 5.41) is 9.20. The van der Waals surface area contributed by atoms with Crippen molar-refractivity contribution in [1.82, 2.24) is 15.2 Å². The molecule has 3 aromatic carbocycles. The van der Waals surface area contributed by atoms with Gasteiger partial charge in [0.25, 0.3) is 5.91 Å². The molecule has 0 spiro atoms. The number of amides is 1. The molecule has 1 N–H and O–H groups in total. The van der Waals surface area contributed by atoms with Crippen LogP contribution in [-0.4, -0.2) is 28.5 Å². The summed E-state index contributed by atoms with van der Waals surface area (Å²) in [5.41, 5.74) is 5.52. The lowest BCUT2D eigenvalue weighted by molar-refractivity contribution is -0.0498. The van der Waals surface area contributed by atoms with Gasteiger partial charge in [0, 0.05) is 27.9 Å². The van der Waals surface area contributed by atoms with Crippen LogP contribution in [0.3, 0.4) is 0 Å². The molecule has 1 aromatic heterocycles. The SMILES string of the molecule is O=C(N/N=C\c1cn(-c2ccccc2)nc1-c1ccc(OC(F)F)cc1)c1ccc(Cl)cc1. The molecule has 0 bridgehead atoms. The van der Waals surface area contributed by atoms with Gasteiger partial charge in [0.05, 0.1) is 11.9 Å². The number of benzene rings is 3. The van der Waals surface area contributed by atoms with Gasteiger partial charge < -0.3 is 4.74 Å². The molecular formula is C24H17ClF2N4O2. The Labute approximate surface area is 193 Å². The third-order valence-corrected chi connectivity index (χ3v) is 4.84. The average molecular weight is 467 g/mol. The Hall–Kier alpha value is -4.04. The molecule has 0 fully saturated rings. The summed E-state index contributed by atoms with van der Waals surface area (Å²) < 4.78 is 31.0. The number of aromatic nitrogens is 2. The van der Waals surface area contributed by atoms with Crippen LogP contribution in [0.4, 0.5) is 8.78 Å². The fourth-order valence-electron chi connectivity index (χ4n) is 3.04. The third kappa shape index (κ3) is 5.61. The molecule has 6 nitrogen and oxygen atoms in total. The van der Waals surface area contributed by atoms with E-state index in [1.807, 2.05) is 30.3 Å². The summed E-state index contributed by atoms with van der Waals surface area (Å²) in [6, 6.07) is 22.0. The normalized spacial score (nSPS) is 11.2. The first-order valence-electron chi connectivity index (χ1n) is 9.79. The zero-order chi connectivity index (χ0) is 23.2. The van der Waals surface area contributed by atoms with Gasteiger partial charge in [0.2, 0.25) is 0 Å². The van der Waals surface area contributed by atoms with Gasteiger partial charge in [-0.2, -0.15) is 19.0 Å². The standard InChI is InChI=1S/C24H17ClF2N4O2/c25-19-10-6-17(7-11-19)23(32)29-28-14-18-15-31(20-4-2-1-3-5-20)30-22(18)16-8-12-21(13-9-16)33-24(26)27/h1-15,24H,(H,29,32)/b28-14-. The molecule has 4 aromatic rings. The highest BCUT2D eigenvalue weighted by atomic mass is 35.5. The van der Waals surface area contributed by atoms with E-state index < -0.39 is 12.5 Å². The maximum atomic E-state index is 12.4. The van der Waals surface area contributed by atoms with E-state index in [2.05, 4.69) is 20.4 Å². The van der Waals surface area contributed by atoms with Crippen molar-refractivity contribution in [3.63, 3.8) is 0 Å². The summed E-state index contributed by atoms with van der Waals surface area (Å²) in [4.78, 5) is 12.3. The van der Waals surface area contributed by atoms with Crippen molar-refractivity contribution in [2.45, 2.75) is 6.61 Å². The summed E-state index contributed by atoms with van der Waals surface area (Å²) in [6.07, 6.45) is 3.23. The number of hydrazone groups is 1. The largest absolute Gasteiger partial charge is 0.435 e. The number of hydrogen-bond acceptors (Lipinski definition) is 4. The fraction of sp³-hybridized carbons (Fsp3) is 0.0417. The lowest BCUT2D eigenvalue weighted by Gasteiger charge is -2.05. The Kier molecular flexibility index (Phi) is 6.75. The Balaban J connectivity index is 1.61. The average Bonchev–Trinajstić information content (AvgIpc) is 3.24. The van der Waals surface area contributed by atoms with Crippen molar-refractivity contribution in [2.75, 3.05) is 0 Å². The van der Waals surface area contributed by atoms with E-state index in [4.69, 9.17) is 11.6 Å². The molecule has 1 amide bonds. The maximum absolute atomic E-state index is 12.4. The molecule has 33 heavy (non-hydrogen) atoms. The lowest BCUT2D eigenvalue weighted by Crippen LogP contribution is -2.17. The smallest absolute Gasteiger partial charge is 0.387 e. The third-order valence-electron chi connectivity index (χ3n) is 4.59. The molecule has 0 saturated heterocycles. The summed E-state index contributed by atoms with van der Waals surface area (Å²) >= 11 is 5.85. The maximum Gasteiger partial charge on any atom is 0.387 e. The molecular weight excluding hydrogens is 450 g/mol. The molecule has 0 unspecified atom stereocenters. The number of hydrogen-bond donors (Lipinski definition) is 1. The molecule has 0 radical (unpaired) electrons. The van der Waals surface area contributed by atoms with Gasteiger partial charge >= 0.3 is 6.61 Å². The Morgan fingerprint density at radius 2 is 1.73 bits per heavy atom. The molecule has 0 atom stereocenters. The zero-order valence-corrected chi connectivity index (χ0v) is 17.8. The Morgan fingerprint density at radius 3 is 2.39 bits per heavy atom. The van der Waals surface area contributed by atoms with E-state index in [-0.39, 0.29) is 5.75 Å². The summed E-state index contributed by atoms with van der Waals surface area (Å²) in [5.74, 6) is -0.352. The summed E-state index contributed by atoms with van der Waals surface area (Å²) in [6.45, 7) is -2.90. The molecule has 0 aliphatic carbocycles. The minimum atomic E-state index is -2.90. The second-order valence-electron chi connectivity index (χ2n) is 6.82. The number of halogens is 3. The van der Waals surface area contributed by atoms with E-state index in [9.17, 15) is 13.6 Å². The predicted octanol–water partition coefficient (Wildman–Crippen LogP) is 5.56. The summed E-state index contributed by atoms with van der Waals surface area (Å²) in [7, 11) is 0. The van der Waals surface area contributed by atoms with Crippen molar-refractivity contribution in [2.24, 2.45) is 5.10 Å². The zero-order valence-electron chi connectivity index (χ0n) is 17.0. The van der Waals surface area contributed by atoms with E-state index in [1.165, 1.54) is 18.3 Å². The van der Waals surface area contributed by atoms with Gasteiger partial charge in [-0.3, -0.25) is 4.79 Å². The number of rotatable bonds is 7. The highest BCUT2D eigenvalue weighted by molar-refractivity contribution is 6.30. The van der Waals surface area contributed by atoms with Crippen LogP contribution < -0.4 is 10.2 Å². The van der Waals surface area contributed by atoms with Crippen LogP contribution in [0.5, 0.6) is 5.75 Å². The molecule has 0 aliphatic heterocycles. The quantitative estimate of drug-likeness (QED) is 0.286. The van der Waals surface area contributed by atoms with E-state index in [0.717, 1.165) is 5.69 Å². The van der Waals surface area contributed by atoms with Crippen molar-refractivity contribution in [3.8, 4) is 22.7 Å². The van der Waals surface area contributed by atoms with Gasteiger partial charge in [-0.25, -0.2) is 10.1 Å². The van der Waals surface area contributed by atoms with Crippen LogP contribution in [0.2, 0.25) is 5.02 Å². The van der Waals surface area contributed by atoms with Crippen LogP contribution in [0, 0.1) is 0 Å². The van der Waals surface area contributed by atoms with Crippen molar-refractivity contribution in [1.29, 1.82) is 0 Å². The van der Waals surface area contributed by atoms with Gasteiger partial charge in [0.1, 0.15) is 11.4 Å². The van der Waals surface area contributed by atoms with Crippen LogP contribution in [-0.2, 0) is 0 Å². The number of nitrogens with zero attached hydrogens (tertiary/aromatic N) is 3. The molecule has 0 saturated carbocycles. The Morgan fingerprint density at radius 1 is 1.03 bits per heavy atom. The highest BCUT2D eigenvalue weighted by Gasteiger charge is 2.13. The highest BCUT2D eigenvalue weighted by Crippen LogP contribution is 2.25. The van der Waals surface area contributed by atoms with Crippen molar-refractivity contribution in [3.05, 3.63) is 101 Å². The van der Waals surface area contributed by atoms with Crippen LogP contribution >= 0.6 is 11.6 Å². The first-order valence-corrected chi connectivity index (χ1v) is 10.2. The number of para-hydroxylation sites is 1. The van der Waals surface area contributed by atoms with E-state index >= 15 is 0 Å². The van der Waals surface area contributed by atoms with Crippen LogP contribution in [0.1, 0.15) is 15.9 Å². The minimum Gasteiger partial charge on any atom is -0.435 e. The van der Waals surface area contributed by atoms with Crippen molar-refractivity contribution >= 4 is 23.7 Å².